The molecule has 1 aromatic heterocycles. The van der Waals surface area contributed by atoms with Crippen LogP contribution in [0.15, 0.2) is 48.5 Å². The van der Waals surface area contributed by atoms with Crippen molar-refractivity contribution < 1.29 is 24.2 Å². The number of benzene rings is 2. The number of nitrogens with one attached hydrogen (secondary N) is 2. The van der Waals surface area contributed by atoms with Gasteiger partial charge in [-0.3, -0.25) is 4.79 Å². The second-order valence-corrected chi connectivity index (χ2v) is 8.88. The zero-order valence-electron chi connectivity index (χ0n) is 18.8. The second kappa shape index (κ2) is 10.0. The van der Waals surface area contributed by atoms with Crippen molar-refractivity contribution in [3.63, 3.8) is 0 Å². The zero-order valence-corrected chi connectivity index (χ0v) is 19.6. The lowest BCUT2D eigenvalue weighted by molar-refractivity contribution is -0.116. The molecule has 1 aliphatic carbocycles. The van der Waals surface area contributed by atoms with E-state index in [1.54, 1.807) is 6.92 Å². The summed E-state index contributed by atoms with van der Waals surface area (Å²) in [6.07, 6.45) is -0.108. The number of anilines is 1. The number of carboxylic acid groups (broad SMARTS) is 1. The lowest BCUT2D eigenvalue weighted by atomic mass is 9.98. The summed E-state index contributed by atoms with van der Waals surface area (Å²) >= 11 is 0.918. The van der Waals surface area contributed by atoms with Crippen LogP contribution in [0, 0.1) is 6.92 Å². The van der Waals surface area contributed by atoms with E-state index in [-0.39, 0.29) is 29.5 Å². The molecule has 9 heteroatoms. The van der Waals surface area contributed by atoms with Gasteiger partial charge in [-0.05, 0) is 47.1 Å². The summed E-state index contributed by atoms with van der Waals surface area (Å²) in [5, 5.41) is 14.8. The van der Waals surface area contributed by atoms with E-state index in [0.717, 1.165) is 33.8 Å². The molecule has 8 nitrogen and oxygen atoms in total. The largest absolute Gasteiger partial charge is 0.478 e. The molecule has 1 aliphatic rings. The number of hydrogen-bond donors (Lipinski definition) is 3. The number of nitrogens with zero attached hydrogens (tertiary/aromatic N) is 1. The van der Waals surface area contributed by atoms with Gasteiger partial charge in [0.15, 0.2) is 0 Å². The Kier molecular flexibility index (Phi) is 6.93. The number of carboxylic acids is 1. The van der Waals surface area contributed by atoms with Crippen molar-refractivity contribution >= 4 is 34.5 Å². The number of rotatable bonds is 8. The molecule has 176 valence electrons. The molecule has 0 aliphatic heterocycles. The lowest BCUT2D eigenvalue weighted by Crippen LogP contribution is -2.38. The number of amides is 2. The van der Waals surface area contributed by atoms with E-state index in [1.807, 2.05) is 43.3 Å². The maximum atomic E-state index is 12.5. The number of hydrogen-bond acceptors (Lipinski definition) is 6. The maximum Gasteiger partial charge on any atom is 0.407 e. The number of fused-ring (bicyclic) bond motifs is 3. The van der Waals surface area contributed by atoms with Gasteiger partial charge in [0.2, 0.25) is 5.91 Å². The highest BCUT2D eigenvalue weighted by Gasteiger charge is 2.29. The third kappa shape index (κ3) is 4.79. The van der Waals surface area contributed by atoms with E-state index in [2.05, 4.69) is 27.1 Å². The van der Waals surface area contributed by atoms with E-state index in [4.69, 9.17) is 4.74 Å². The van der Waals surface area contributed by atoms with Crippen LogP contribution < -0.4 is 10.6 Å². The molecular formula is C25H25N3O5S. The number of aromatic nitrogens is 1. The highest BCUT2D eigenvalue weighted by Crippen LogP contribution is 2.44. The van der Waals surface area contributed by atoms with Gasteiger partial charge in [-0.15, -0.1) is 0 Å². The van der Waals surface area contributed by atoms with Crippen molar-refractivity contribution in [3.8, 4) is 11.1 Å². The summed E-state index contributed by atoms with van der Waals surface area (Å²) in [7, 11) is 0. The molecule has 0 bridgehead atoms. The Labute approximate surface area is 201 Å². The fourth-order valence-corrected chi connectivity index (χ4v) is 5.02. The first-order chi connectivity index (χ1) is 16.4. The fraction of sp³-hybridized carbons (Fsp3) is 0.280. The van der Waals surface area contributed by atoms with E-state index < -0.39 is 24.0 Å². The normalized spacial score (nSPS) is 13.0. The van der Waals surface area contributed by atoms with Crippen LogP contribution >= 0.6 is 11.5 Å². The third-order valence-corrected chi connectivity index (χ3v) is 6.77. The number of alkyl carbamates (subject to hydrolysis) is 1. The molecule has 0 saturated carbocycles. The summed E-state index contributed by atoms with van der Waals surface area (Å²) in [4.78, 5) is 36.4. The molecule has 3 aromatic rings. The van der Waals surface area contributed by atoms with Crippen molar-refractivity contribution in [2.24, 2.45) is 0 Å². The molecule has 0 saturated heterocycles. The summed E-state index contributed by atoms with van der Waals surface area (Å²) < 4.78 is 9.55. The van der Waals surface area contributed by atoms with E-state index in [0.29, 0.717) is 12.1 Å². The quantitative estimate of drug-likeness (QED) is 0.427. The van der Waals surface area contributed by atoms with E-state index >= 15 is 0 Å². The lowest BCUT2D eigenvalue weighted by Gasteiger charge is -2.18. The van der Waals surface area contributed by atoms with Crippen molar-refractivity contribution in [1.82, 2.24) is 9.69 Å². The standard InChI is InChI=1S/C25H25N3O5S/c1-3-15(12-21(29)27-23-22(24(30)31)14(2)28-34-23)26-25(32)33-13-20-18-10-6-4-8-16(18)17-9-5-7-11-19(17)20/h4-11,15,20H,3,12-13H2,1-2H3,(H,26,32)(H,27,29)(H,30,31)/t15-/m1/s1. The monoisotopic (exact) mass is 479 g/mol. The smallest absolute Gasteiger partial charge is 0.407 e. The summed E-state index contributed by atoms with van der Waals surface area (Å²) in [5.41, 5.74) is 4.87. The molecule has 0 radical (unpaired) electrons. The number of aromatic carboxylic acids is 1. The molecule has 0 fully saturated rings. The van der Waals surface area contributed by atoms with Gasteiger partial charge < -0.3 is 20.5 Å². The molecule has 3 N–H and O–H groups in total. The summed E-state index contributed by atoms with van der Waals surface area (Å²) in [6.45, 7) is 3.61. The van der Waals surface area contributed by atoms with Crippen LogP contribution in [0.2, 0.25) is 0 Å². The summed E-state index contributed by atoms with van der Waals surface area (Å²) in [5.74, 6) is -1.60. The number of ether oxygens (including phenoxy) is 1. The number of aryl methyl sites for hydroxylation is 1. The Morgan fingerprint density at radius 3 is 2.29 bits per heavy atom. The van der Waals surface area contributed by atoms with Gasteiger partial charge in [0, 0.05) is 18.4 Å². The average Bonchev–Trinajstić information content (AvgIpc) is 3.34. The van der Waals surface area contributed by atoms with Crippen molar-refractivity contribution in [1.29, 1.82) is 0 Å². The van der Waals surface area contributed by atoms with Crippen LogP contribution in [0.25, 0.3) is 11.1 Å². The van der Waals surface area contributed by atoms with Crippen LogP contribution in [0.5, 0.6) is 0 Å². The zero-order chi connectivity index (χ0) is 24.2. The Balaban J connectivity index is 1.34. The molecule has 34 heavy (non-hydrogen) atoms. The highest BCUT2D eigenvalue weighted by molar-refractivity contribution is 7.11. The Morgan fingerprint density at radius 1 is 1.09 bits per heavy atom. The van der Waals surface area contributed by atoms with Crippen LogP contribution in [0.1, 0.15) is 52.9 Å². The van der Waals surface area contributed by atoms with Crippen LogP contribution in [-0.2, 0) is 9.53 Å². The Bertz CT molecular complexity index is 1190. The van der Waals surface area contributed by atoms with Gasteiger partial charge in [-0.1, -0.05) is 55.5 Å². The molecular weight excluding hydrogens is 454 g/mol. The van der Waals surface area contributed by atoms with Crippen LogP contribution in [-0.4, -0.2) is 40.1 Å². The van der Waals surface area contributed by atoms with Gasteiger partial charge in [-0.2, -0.15) is 4.37 Å². The second-order valence-electron chi connectivity index (χ2n) is 8.10. The van der Waals surface area contributed by atoms with Crippen molar-refractivity contribution in [2.45, 2.75) is 38.6 Å². The molecule has 0 unspecified atom stereocenters. The topological polar surface area (TPSA) is 118 Å². The molecule has 2 amide bonds. The van der Waals surface area contributed by atoms with Crippen molar-refractivity contribution in [2.75, 3.05) is 11.9 Å². The Hall–Kier alpha value is -3.72. The van der Waals surface area contributed by atoms with Crippen LogP contribution in [0.4, 0.5) is 9.80 Å². The molecule has 1 heterocycles. The SMILES string of the molecule is CC[C@H](CC(=O)Nc1snc(C)c1C(=O)O)NC(=O)OCC1c2ccccc2-c2ccccc21. The average molecular weight is 480 g/mol. The van der Waals surface area contributed by atoms with Crippen molar-refractivity contribution in [3.05, 3.63) is 70.9 Å². The molecule has 1 atom stereocenters. The summed E-state index contributed by atoms with van der Waals surface area (Å²) in [6, 6.07) is 15.7. The van der Waals surface area contributed by atoms with E-state index in [9.17, 15) is 19.5 Å². The predicted molar refractivity (Wildman–Crippen MR) is 129 cm³/mol. The number of carbonyl (C=O) groups is 3. The third-order valence-electron chi connectivity index (χ3n) is 5.92. The minimum Gasteiger partial charge on any atom is -0.478 e. The van der Waals surface area contributed by atoms with E-state index in [1.165, 1.54) is 0 Å². The minimum absolute atomic E-state index is 0.0172. The first-order valence-electron chi connectivity index (χ1n) is 11.0. The van der Waals surface area contributed by atoms with Gasteiger partial charge in [0.25, 0.3) is 0 Å². The van der Waals surface area contributed by atoms with Gasteiger partial charge in [-0.25, -0.2) is 9.59 Å². The maximum absolute atomic E-state index is 12.5. The Morgan fingerprint density at radius 2 is 1.71 bits per heavy atom. The first kappa shape index (κ1) is 23.4. The molecule has 0 spiro atoms. The first-order valence-corrected chi connectivity index (χ1v) is 11.8. The highest BCUT2D eigenvalue weighted by atomic mass is 32.1. The minimum atomic E-state index is -1.15. The number of carbonyl (C=O) groups excluding carboxylic acids is 2. The predicted octanol–water partition coefficient (Wildman–Crippen LogP) is 4.80. The molecule has 4 rings (SSSR count). The van der Waals surface area contributed by atoms with Gasteiger partial charge >= 0.3 is 12.1 Å². The van der Waals surface area contributed by atoms with Crippen LogP contribution in [0.3, 0.4) is 0 Å². The molecule has 2 aromatic carbocycles. The fourth-order valence-electron chi connectivity index (χ4n) is 4.21. The van der Waals surface area contributed by atoms with Gasteiger partial charge in [0.1, 0.15) is 17.2 Å². The van der Waals surface area contributed by atoms with Gasteiger partial charge in [0.05, 0.1) is 5.69 Å².